The van der Waals surface area contributed by atoms with Crippen LogP contribution in [0.3, 0.4) is 0 Å². The predicted molar refractivity (Wildman–Crippen MR) is 62.0 cm³/mol. The van der Waals surface area contributed by atoms with Crippen molar-refractivity contribution in [3.05, 3.63) is 0 Å². The van der Waals surface area contributed by atoms with Gasteiger partial charge in [0.05, 0.1) is 0 Å². The first-order valence-corrected chi connectivity index (χ1v) is 6.12. The molecule has 1 amide bonds. The third-order valence-electron chi connectivity index (χ3n) is 3.46. The molecule has 2 fully saturated rings. The molecule has 16 heavy (non-hydrogen) atoms. The van der Waals surface area contributed by atoms with Crippen LogP contribution < -0.4 is 5.73 Å². The number of carbonyl (C=O) groups excluding carboxylic acids is 1. The predicted octanol–water partition coefficient (Wildman–Crippen LogP) is 1.73. The van der Waals surface area contributed by atoms with Crippen molar-refractivity contribution in [2.75, 3.05) is 6.54 Å². The smallest absolute Gasteiger partial charge is 0.410 e. The van der Waals surface area contributed by atoms with Crippen LogP contribution in [0.2, 0.25) is 0 Å². The summed E-state index contributed by atoms with van der Waals surface area (Å²) in [7, 11) is 0. The van der Waals surface area contributed by atoms with Gasteiger partial charge >= 0.3 is 6.09 Å². The van der Waals surface area contributed by atoms with Crippen LogP contribution in [0.1, 0.15) is 40.0 Å². The molecule has 1 saturated carbocycles. The summed E-state index contributed by atoms with van der Waals surface area (Å²) >= 11 is 0. The fourth-order valence-corrected chi connectivity index (χ4v) is 2.85. The number of likely N-dealkylation sites (tertiary alicyclic amines) is 1. The van der Waals surface area contributed by atoms with Gasteiger partial charge in [-0.25, -0.2) is 4.79 Å². The molecule has 3 atom stereocenters. The van der Waals surface area contributed by atoms with E-state index in [-0.39, 0.29) is 12.1 Å². The number of nitrogens with zero attached hydrogens (tertiary/aromatic N) is 1. The van der Waals surface area contributed by atoms with Crippen molar-refractivity contribution in [2.24, 2.45) is 11.7 Å². The average Bonchev–Trinajstić information content (AvgIpc) is 2.58. The zero-order chi connectivity index (χ0) is 11.9. The molecule has 1 aliphatic carbocycles. The molecule has 0 aromatic carbocycles. The number of hydrogen-bond acceptors (Lipinski definition) is 3. The van der Waals surface area contributed by atoms with Crippen molar-refractivity contribution in [3.63, 3.8) is 0 Å². The van der Waals surface area contributed by atoms with Gasteiger partial charge in [0.1, 0.15) is 5.60 Å². The number of amides is 1. The lowest BCUT2D eigenvalue weighted by Crippen LogP contribution is -2.40. The number of ether oxygens (including phenoxy) is 1. The van der Waals surface area contributed by atoms with Gasteiger partial charge in [-0.3, -0.25) is 0 Å². The Bertz CT molecular complexity index is 285. The molecule has 4 nitrogen and oxygen atoms in total. The topological polar surface area (TPSA) is 55.6 Å². The van der Waals surface area contributed by atoms with Crippen molar-refractivity contribution in [3.8, 4) is 0 Å². The molecule has 0 aromatic heterocycles. The molecule has 2 N–H and O–H groups in total. The Kier molecular flexibility index (Phi) is 2.86. The lowest BCUT2D eigenvalue weighted by Gasteiger charge is -2.28. The average molecular weight is 226 g/mol. The quantitative estimate of drug-likeness (QED) is 0.684. The molecule has 1 saturated heterocycles. The SMILES string of the molecule is CC(C)(C)OC(=O)N1CC[C@@H]2C[C@H](N)C[C@H]21. The maximum Gasteiger partial charge on any atom is 0.410 e. The largest absolute Gasteiger partial charge is 0.444 e. The molecular weight excluding hydrogens is 204 g/mol. The third kappa shape index (κ3) is 2.32. The molecule has 0 radical (unpaired) electrons. The molecule has 1 heterocycles. The van der Waals surface area contributed by atoms with E-state index in [4.69, 9.17) is 10.5 Å². The Hall–Kier alpha value is -0.770. The van der Waals surface area contributed by atoms with E-state index in [1.807, 2.05) is 25.7 Å². The molecule has 92 valence electrons. The maximum absolute atomic E-state index is 12.0. The summed E-state index contributed by atoms with van der Waals surface area (Å²) in [6.07, 6.45) is 2.90. The Morgan fingerprint density at radius 3 is 2.69 bits per heavy atom. The van der Waals surface area contributed by atoms with E-state index in [2.05, 4.69) is 0 Å². The van der Waals surface area contributed by atoms with Gasteiger partial charge in [-0.2, -0.15) is 0 Å². The van der Waals surface area contributed by atoms with Crippen LogP contribution in [0.4, 0.5) is 4.79 Å². The summed E-state index contributed by atoms with van der Waals surface area (Å²) in [6, 6.07) is 0.588. The Balaban J connectivity index is 1.98. The normalized spacial score (nSPS) is 34.0. The van der Waals surface area contributed by atoms with Crippen LogP contribution in [-0.2, 0) is 4.74 Å². The molecular formula is C12H22N2O2. The van der Waals surface area contributed by atoms with Gasteiger partial charge in [-0.05, 0) is 46.0 Å². The number of fused-ring (bicyclic) bond motifs is 1. The lowest BCUT2D eigenvalue weighted by atomic mass is 10.0. The fraction of sp³-hybridized carbons (Fsp3) is 0.917. The zero-order valence-electron chi connectivity index (χ0n) is 10.4. The van der Waals surface area contributed by atoms with Gasteiger partial charge in [-0.15, -0.1) is 0 Å². The summed E-state index contributed by atoms with van der Waals surface area (Å²) in [6.45, 7) is 6.54. The van der Waals surface area contributed by atoms with E-state index in [9.17, 15) is 4.79 Å². The van der Waals surface area contributed by atoms with E-state index < -0.39 is 5.60 Å². The summed E-state index contributed by atoms with van der Waals surface area (Å²) in [5, 5.41) is 0. The van der Waals surface area contributed by atoms with Gasteiger partial charge in [0, 0.05) is 18.6 Å². The van der Waals surface area contributed by atoms with E-state index >= 15 is 0 Å². The Labute approximate surface area is 97.1 Å². The van der Waals surface area contributed by atoms with Gasteiger partial charge < -0.3 is 15.4 Å². The molecule has 0 spiro atoms. The van der Waals surface area contributed by atoms with E-state index in [0.29, 0.717) is 12.0 Å². The highest BCUT2D eigenvalue weighted by Gasteiger charge is 2.44. The molecule has 1 aliphatic heterocycles. The minimum Gasteiger partial charge on any atom is -0.444 e. The molecule has 4 heteroatoms. The number of rotatable bonds is 0. The third-order valence-corrected chi connectivity index (χ3v) is 3.46. The molecule has 0 bridgehead atoms. The van der Waals surface area contributed by atoms with E-state index in [1.165, 1.54) is 0 Å². The first kappa shape index (κ1) is 11.7. The highest BCUT2D eigenvalue weighted by molar-refractivity contribution is 5.69. The number of nitrogens with two attached hydrogens (primary N) is 1. The Morgan fingerprint density at radius 1 is 1.38 bits per heavy atom. The minimum atomic E-state index is -0.407. The summed E-state index contributed by atoms with van der Waals surface area (Å²) in [4.78, 5) is 13.9. The standard InChI is InChI=1S/C12H22N2O2/c1-12(2,3)16-11(15)14-5-4-8-6-9(13)7-10(8)14/h8-10H,4-7,13H2,1-3H3/t8-,9+,10-/m1/s1. The van der Waals surface area contributed by atoms with Crippen LogP contribution >= 0.6 is 0 Å². The van der Waals surface area contributed by atoms with Crippen molar-refractivity contribution in [2.45, 2.75) is 57.7 Å². The molecule has 0 aromatic rings. The highest BCUT2D eigenvalue weighted by atomic mass is 16.6. The molecule has 2 aliphatic rings. The highest BCUT2D eigenvalue weighted by Crippen LogP contribution is 2.37. The first-order chi connectivity index (χ1) is 7.37. The summed E-state index contributed by atoms with van der Waals surface area (Å²) in [5.74, 6) is 0.600. The zero-order valence-corrected chi connectivity index (χ0v) is 10.4. The van der Waals surface area contributed by atoms with Crippen LogP contribution in [0.25, 0.3) is 0 Å². The van der Waals surface area contributed by atoms with Crippen molar-refractivity contribution < 1.29 is 9.53 Å². The Morgan fingerprint density at radius 2 is 2.06 bits per heavy atom. The van der Waals surface area contributed by atoms with Crippen LogP contribution in [0.15, 0.2) is 0 Å². The van der Waals surface area contributed by atoms with Crippen LogP contribution in [0, 0.1) is 5.92 Å². The van der Waals surface area contributed by atoms with Gasteiger partial charge in [0.15, 0.2) is 0 Å². The first-order valence-electron chi connectivity index (χ1n) is 6.12. The van der Waals surface area contributed by atoms with Crippen molar-refractivity contribution >= 4 is 6.09 Å². The second kappa shape index (κ2) is 3.91. The monoisotopic (exact) mass is 226 g/mol. The van der Waals surface area contributed by atoms with Gasteiger partial charge in [-0.1, -0.05) is 0 Å². The molecule has 2 rings (SSSR count). The van der Waals surface area contributed by atoms with Gasteiger partial charge in [0.25, 0.3) is 0 Å². The van der Waals surface area contributed by atoms with Crippen LogP contribution in [-0.4, -0.2) is 35.2 Å². The fourth-order valence-electron chi connectivity index (χ4n) is 2.85. The summed E-state index contributed by atoms with van der Waals surface area (Å²) < 4.78 is 5.41. The second-order valence-electron chi connectivity index (χ2n) is 6.02. The second-order valence-corrected chi connectivity index (χ2v) is 6.02. The maximum atomic E-state index is 12.0. The van der Waals surface area contributed by atoms with Crippen molar-refractivity contribution in [1.29, 1.82) is 0 Å². The molecule has 0 unspecified atom stereocenters. The lowest BCUT2D eigenvalue weighted by molar-refractivity contribution is 0.0217. The van der Waals surface area contributed by atoms with Gasteiger partial charge in [0.2, 0.25) is 0 Å². The summed E-state index contributed by atoms with van der Waals surface area (Å²) in [5.41, 5.74) is 5.53. The minimum absolute atomic E-state index is 0.172. The van der Waals surface area contributed by atoms with E-state index in [1.54, 1.807) is 0 Å². The van der Waals surface area contributed by atoms with Crippen molar-refractivity contribution in [1.82, 2.24) is 4.90 Å². The number of carbonyl (C=O) groups is 1. The van der Waals surface area contributed by atoms with E-state index in [0.717, 1.165) is 25.8 Å². The number of hydrogen-bond donors (Lipinski definition) is 1. The van der Waals surface area contributed by atoms with Crippen LogP contribution in [0.5, 0.6) is 0 Å².